The molecule has 0 saturated heterocycles. The van der Waals surface area contributed by atoms with Gasteiger partial charge in [0.15, 0.2) is 0 Å². The van der Waals surface area contributed by atoms with Gasteiger partial charge in [-0.05, 0) is 45.8 Å². The van der Waals surface area contributed by atoms with Crippen LogP contribution in [0.1, 0.15) is 11.1 Å². The molecule has 0 saturated carbocycles. The fraction of sp³-hybridized carbons (Fsp3) is 0.0625. The second-order valence-corrected chi connectivity index (χ2v) is 8.98. The first kappa shape index (κ1) is 21.8. The van der Waals surface area contributed by atoms with Crippen LogP contribution in [-0.2, 0) is 13.1 Å². The number of nitrogens with one attached hydrogen (secondary N) is 2. The standard InChI is InChI=1S/C32H26N2O2/c35-31-17-15-21-7-1-3-9-23(21)27(31)19-33-29-13-5-12-26-25(29)11-6-14-30(26)34-20-28-24-10-4-2-8-22(24)16-18-32(28)36/h1-18,33-36H,19-20H2. The van der Waals surface area contributed by atoms with Crippen molar-refractivity contribution in [3.8, 4) is 11.5 Å². The van der Waals surface area contributed by atoms with Crippen LogP contribution in [0.4, 0.5) is 11.4 Å². The maximum absolute atomic E-state index is 10.5. The van der Waals surface area contributed by atoms with Crippen LogP contribution in [0, 0.1) is 0 Å². The van der Waals surface area contributed by atoms with Crippen molar-refractivity contribution in [2.45, 2.75) is 13.1 Å². The number of hydrogen-bond donors (Lipinski definition) is 4. The van der Waals surface area contributed by atoms with Crippen LogP contribution >= 0.6 is 0 Å². The van der Waals surface area contributed by atoms with Crippen molar-refractivity contribution in [3.63, 3.8) is 0 Å². The summed E-state index contributed by atoms with van der Waals surface area (Å²) in [6.07, 6.45) is 0. The predicted octanol–water partition coefficient (Wildman–Crippen LogP) is 7.78. The van der Waals surface area contributed by atoms with Gasteiger partial charge in [-0.3, -0.25) is 0 Å². The first-order valence-corrected chi connectivity index (χ1v) is 12.1. The topological polar surface area (TPSA) is 64.5 Å². The van der Waals surface area contributed by atoms with Crippen molar-refractivity contribution >= 4 is 43.7 Å². The average Bonchev–Trinajstić information content (AvgIpc) is 2.92. The second kappa shape index (κ2) is 9.16. The molecule has 0 heterocycles. The van der Waals surface area contributed by atoms with Crippen molar-refractivity contribution in [2.75, 3.05) is 10.6 Å². The largest absolute Gasteiger partial charge is 0.508 e. The minimum Gasteiger partial charge on any atom is -0.508 e. The Kier molecular flexibility index (Phi) is 5.55. The zero-order valence-corrected chi connectivity index (χ0v) is 19.7. The summed E-state index contributed by atoms with van der Waals surface area (Å²) in [6.45, 7) is 1.02. The van der Waals surface area contributed by atoms with E-state index in [1.807, 2.05) is 60.7 Å². The SMILES string of the molecule is Oc1ccc2ccccc2c1CNc1cccc2c(NCc3c(O)ccc4ccccc34)cccc12. The molecule has 36 heavy (non-hydrogen) atoms. The molecule has 0 atom stereocenters. The molecule has 0 aromatic heterocycles. The first-order chi connectivity index (χ1) is 17.7. The summed E-state index contributed by atoms with van der Waals surface area (Å²) in [7, 11) is 0. The third-order valence-corrected chi connectivity index (χ3v) is 6.87. The molecule has 0 aliphatic carbocycles. The lowest BCUT2D eigenvalue weighted by atomic mass is 10.0. The molecule has 0 unspecified atom stereocenters. The second-order valence-electron chi connectivity index (χ2n) is 8.98. The molecule has 6 rings (SSSR count). The van der Waals surface area contributed by atoms with Gasteiger partial charge in [-0.2, -0.15) is 0 Å². The molecule has 0 fully saturated rings. The monoisotopic (exact) mass is 470 g/mol. The van der Waals surface area contributed by atoms with Crippen molar-refractivity contribution in [1.29, 1.82) is 0 Å². The predicted molar refractivity (Wildman–Crippen MR) is 150 cm³/mol. The summed E-state index contributed by atoms with van der Waals surface area (Å²) in [5.41, 5.74) is 3.75. The summed E-state index contributed by atoms with van der Waals surface area (Å²) in [5.74, 6) is 0.581. The molecule has 0 aliphatic rings. The fourth-order valence-corrected chi connectivity index (χ4v) is 5.01. The minimum absolute atomic E-state index is 0.290. The molecule has 176 valence electrons. The van der Waals surface area contributed by atoms with Crippen LogP contribution in [0.2, 0.25) is 0 Å². The zero-order valence-electron chi connectivity index (χ0n) is 19.7. The van der Waals surface area contributed by atoms with E-state index in [-0.39, 0.29) is 0 Å². The van der Waals surface area contributed by atoms with E-state index in [2.05, 4.69) is 47.0 Å². The highest BCUT2D eigenvalue weighted by Gasteiger charge is 2.11. The van der Waals surface area contributed by atoms with Crippen LogP contribution in [-0.4, -0.2) is 10.2 Å². The minimum atomic E-state index is 0.290. The highest BCUT2D eigenvalue weighted by Crippen LogP contribution is 2.33. The molecule has 0 spiro atoms. The lowest BCUT2D eigenvalue weighted by Crippen LogP contribution is -2.03. The molecule has 4 N–H and O–H groups in total. The van der Waals surface area contributed by atoms with Gasteiger partial charge in [-0.1, -0.05) is 84.9 Å². The number of rotatable bonds is 6. The Morgan fingerprint density at radius 2 is 0.833 bits per heavy atom. The van der Waals surface area contributed by atoms with Crippen molar-refractivity contribution in [1.82, 2.24) is 0 Å². The molecule has 0 bridgehead atoms. The number of phenolic OH excluding ortho intramolecular Hbond substituents is 2. The Balaban J connectivity index is 1.30. The Morgan fingerprint density at radius 3 is 1.31 bits per heavy atom. The number of fused-ring (bicyclic) bond motifs is 3. The lowest BCUT2D eigenvalue weighted by molar-refractivity contribution is 0.470. The molecule has 0 radical (unpaired) electrons. The van der Waals surface area contributed by atoms with Gasteiger partial charge in [0.05, 0.1) is 0 Å². The zero-order chi connectivity index (χ0) is 24.5. The number of phenols is 2. The Bertz CT molecular complexity index is 1600. The Hall–Kier alpha value is -4.70. The molecule has 4 nitrogen and oxygen atoms in total. The summed E-state index contributed by atoms with van der Waals surface area (Å²) >= 11 is 0. The van der Waals surface area contributed by atoms with E-state index in [4.69, 9.17) is 0 Å². The summed E-state index contributed by atoms with van der Waals surface area (Å²) in [6, 6.07) is 36.0. The highest BCUT2D eigenvalue weighted by molar-refractivity contribution is 6.01. The van der Waals surface area contributed by atoms with E-state index in [0.717, 1.165) is 54.8 Å². The Labute approximate surface area is 209 Å². The van der Waals surface area contributed by atoms with Gasteiger partial charge >= 0.3 is 0 Å². The van der Waals surface area contributed by atoms with Gasteiger partial charge in [-0.15, -0.1) is 0 Å². The van der Waals surface area contributed by atoms with E-state index in [1.54, 1.807) is 12.1 Å². The highest BCUT2D eigenvalue weighted by atomic mass is 16.3. The number of benzene rings is 6. The van der Waals surface area contributed by atoms with E-state index < -0.39 is 0 Å². The van der Waals surface area contributed by atoms with E-state index >= 15 is 0 Å². The molecule has 0 aliphatic heterocycles. The maximum Gasteiger partial charge on any atom is 0.121 e. The van der Waals surface area contributed by atoms with Crippen LogP contribution < -0.4 is 10.6 Å². The fourth-order valence-electron chi connectivity index (χ4n) is 5.01. The first-order valence-electron chi connectivity index (χ1n) is 12.1. The van der Waals surface area contributed by atoms with Gasteiger partial charge in [0.1, 0.15) is 11.5 Å². The van der Waals surface area contributed by atoms with Crippen LogP contribution in [0.3, 0.4) is 0 Å². The van der Waals surface area contributed by atoms with Crippen LogP contribution in [0.15, 0.2) is 109 Å². The lowest BCUT2D eigenvalue weighted by Gasteiger charge is -2.16. The number of anilines is 2. The van der Waals surface area contributed by atoms with E-state index in [0.29, 0.717) is 24.6 Å². The van der Waals surface area contributed by atoms with Gasteiger partial charge in [0.25, 0.3) is 0 Å². The third-order valence-electron chi connectivity index (χ3n) is 6.87. The van der Waals surface area contributed by atoms with E-state index in [9.17, 15) is 10.2 Å². The molecule has 0 amide bonds. The van der Waals surface area contributed by atoms with Gasteiger partial charge in [0.2, 0.25) is 0 Å². The van der Waals surface area contributed by atoms with Crippen LogP contribution in [0.25, 0.3) is 32.3 Å². The van der Waals surface area contributed by atoms with Crippen molar-refractivity contribution < 1.29 is 10.2 Å². The third kappa shape index (κ3) is 3.93. The molecule has 4 heteroatoms. The number of hydrogen-bond acceptors (Lipinski definition) is 4. The average molecular weight is 471 g/mol. The molecular formula is C32H26N2O2. The smallest absolute Gasteiger partial charge is 0.121 e. The van der Waals surface area contributed by atoms with Gasteiger partial charge < -0.3 is 20.8 Å². The van der Waals surface area contributed by atoms with Gasteiger partial charge in [-0.25, -0.2) is 0 Å². The summed E-state index contributed by atoms with van der Waals surface area (Å²) in [4.78, 5) is 0. The summed E-state index contributed by atoms with van der Waals surface area (Å²) < 4.78 is 0. The molecular weight excluding hydrogens is 444 g/mol. The number of aromatic hydroxyl groups is 2. The van der Waals surface area contributed by atoms with Gasteiger partial charge in [0, 0.05) is 46.4 Å². The Morgan fingerprint density at radius 1 is 0.417 bits per heavy atom. The molecule has 6 aromatic carbocycles. The quantitative estimate of drug-likeness (QED) is 0.201. The van der Waals surface area contributed by atoms with E-state index in [1.165, 1.54) is 0 Å². The van der Waals surface area contributed by atoms with Crippen molar-refractivity contribution in [3.05, 3.63) is 120 Å². The summed E-state index contributed by atoms with van der Waals surface area (Å²) in [5, 5.41) is 34.7. The molecule has 6 aromatic rings. The normalized spacial score (nSPS) is 11.2. The van der Waals surface area contributed by atoms with Crippen molar-refractivity contribution in [2.24, 2.45) is 0 Å². The van der Waals surface area contributed by atoms with Crippen LogP contribution in [0.5, 0.6) is 11.5 Å². The maximum atomic E-state index is 10.5.